The van der Waals surface area contributed by atoms with Gasteiger partial charge in [0.2, 0.25) is 0 Å². The SMILES string of the molecule is c1ccc(-c2nc(-c3ccc(-n4c5ccccc5c5cc6ccccc6cc54)c(-c4cccc5c4oc4ccccc45)c3)nc(-c3cc4ccccc4c4ccccc34)n2)cc1. The molecule has 0 saturated carbocycles. The molecule has 0 spiro atoms. The number of furan rings is 1. The van der Waals surface area contributed by atoms with Crippen LogP contribution in [-0.2, 0) is 0 Å². The molecule has 0 unspecified atom stereocenters. The third-order valence-corrected chi connectivity index (χ3v) is 12.4. The van der Waals surface area contributed by atoms with E-state index < -0.39 is 0 Å². The van der Waals surface area contributed by atoms with Crippen molar-refractivity contribution in [1.82, 2.24) is 19.5 Å². The Balaban J connectivity index is 1.11. The fourth-order valence-electron chi connectivity index (χ4n) is 9.54. The topological polar surface area (TPSA) is 56.7 Å². The van der Waals surface area contributed by atoms with Crippen molar-refractivity contribution in [2.45, 2.75) is 0 Å². The summed E-state index contributed by atoms with van der Waals surface area (Å²) in [5.74, 6) is 1.82. The standard InChI is InChI=1S/C57H34N4O/c1-2-15-35(16-3-1)55-58-56(60-57(59-55)49-32-38-19-6-7-20-40(38)41-21-8-9-22-42(41)49)39-29-30-51(48(33-39)46-26-14-25-45-44-24-11-13-28-53(44)62-54(45)46)61-50-27-12-10-23-43(50)47-31-36-17-4-5-18-37(36)34-52(47)61/h1-34H. The molecule has 0 aliphatic carbocycles. The zero-order valence-corrected chi connectivity index (χ0v) is 33.3. The second-order valence-corrected chi connectivity index (χ2v) is 15.9. The summed E-state index contributed by atoms with van der Waals surface area (Å²) >= 11 is 0. The van der Waals surface area contributed by atoms with Gasteiger partial charge in [-0.25, -0.2) is 15.0 Å². The van der Waals surface area contributed by atoms with Crippen molar-refractivity contribution in [3.05, 3.63) is 206 Å². The number of hydrogen-bond donors (Lipinski definition) is 0. The number of rotatable bonds is 5. The minimum Gasteiger partial charge on any atom is -0.455 e. The maximum atomic E-state index is 6.77. The van der Waals surface area contributed by atoms with E-state index in [4.69, 9.17) is 19.4 Å². The highest BCUT2D eigenvalue weighted by atomic mass is 16.3. The molecular weight excluding hydrogens is 757 g/mol. The Morgan fingerprint density at radius 3 is 1.79 bits per heavy atom. The molecule has 0 fully saturated rings. The fourth-order valence-corrected chi connectivity index (χ4v) is 9.54. The predicted molar refractivity (Wildman–Crippen MR) is 256 cm³/mol. The van der Waals surface area contributed by atoms with Crippen molar-refractivity contribution in [3.63, 3.8) is 0 Å². The molecule has 3 aromatic heterocycles. The first kappa shape index (κ1) is 34.5. The van der Waals surface area contributed by atoms with Crippen LogP contribution in [0, 0.1) is 0 Å². The average molecular weight is 791 g/mol. The van der Waals surface area contributed by atoms with Gasteiger partial charge >= 0.3 is 0 Å². The number of benzene rings is 10. The lowest BCUT2D eigenvalue weighted by Gasteiger charge is -2.17. The molecule has 0 radical (unpaired) electrons. The van der Waals surface area contributed by atoms with Crippen molar-refractivity contribution in [2.75, 3.05) is 0 Å². The van der Waals surface area contributed by atoms with Crippen molar-refractivity contribution in [2.24, 2.45) is 0 Å². The van der Waals surface area contributed by atoms with Gasteiger partial charge < -0.3 is 8.98 Å². The molecule has 5 heteroatoms. The summed E-state index contributed by atoms with van der Waals surface area (Å²) in [6.45, 7) is 0. The van der Waals surface area contributed by atoms with Crippen LogP contribution in [0.4, 0.5) is 0 Å². The van der Waals surface area contributed by atoms with E-state index in [2.05, 4.69) is 180 Å². The van der Waals surface area contributed by atoms with E-state index in [1.54, 1.807) is 0 Å². The summed E-state index contributed by atoms with van der Waals surface area (Å²) in [6.07, 6.45) is 0. The lowest BCUT2D eigenvalue weighted by atomic mass is 9.96. The molecule has 0 aliphatic heterocycles. The van der Waals surface area contributed by atoms with E-state index in [0.717, 1.165) is 82.6 Å². The van der Waals surface area contributed by atoms with Gasteiger partial charge in [0.05, 0.1) is 16.7 Å². The van der Waals surface area contributed by atoms with Crippen LogP contribution in [0.15, 0.2) is 211 Å². The van der Waals surface area contributed by atoms with Crippen molar-refractivity contribution < 1.29 is 4.42 Å². The molecule has 0 amide bonds. The Morgan fingerprint density at radius 1 is 0.323 bits per heavy atom. The molecule has 5 nitrogen and oxygen atoms in total. The van der Waals surface area contributed by atoms with Gasteiger partial charge in [0, 0.05) is 49.4 Å². The van der Waals surface area contributed by atoms with Crippen molar-refractivity contribution >= 4 is 76.1 Å². The molecule has 13 rings (SSSR count). The highest BCUT2D eigenvalue weighted by molar-refractivity contribution is 6.16. The molecule has 62 heavy (non-hydrogen) atoms. The van der Waals surface area contributed by atoms with Gasteiger partial charge in [0.25, 0.3) is 0 Å². The first-order chi connectivity index (χ1) is 30.7. The molecule has 3 heterocycles. The van der Waals surface area contributed by atoms with Crippen LogP contribution in [0.5, 0.6) is 0 Å². The molecule has 13 aromatic rings. The van der Waals surface area contributed by atoms with E-state index in [1.165, 1.54) is 26.9 Å². The smallest absolute Gasteiger partial charge is 0.164 e. The van der Waals surface area contributed by atoms with Gasteiger partial charge in [-0.3, -0.25) is 0 Å². The normalized spacial score (nSPS) is 11.9. The Bertz CT molecular complexity index is 3940. The number of aromatic nitrogens is 4. The molecule has 288 valence electrons. The summed E-state index contributed by atoms with van der Waals surface area (Å²) in [4.78, 5) is 15.8. The second-order valence-electron chi connectivity index (χ2n) is 15.9. The largest absolute Gasteiger partial charge is 0.455 e. The minimum absolute atomic E-state index is 0.587. The summed E-state index contributed by atoms with van der Waals surface area (Å²) in [6, 6.07) is 72.8. The van der Waals surface area contributed by atoms with Gasteiger partial charge in [-0.05, 0) is 80.8 Å². The Morgan fingerprint density at radius 2 is 0.952 bits per heavy atom. The zero-order valence-electron chi connectivity index (χ0n) is 33.3. The first-order valence-electron chi connectivity index (χ1n) is 20.9. The monoisotopic (exact) mass is 790 g/mol. The van der Waals surface area contributed by atoms with E-state index in [-0.39, 0.29) is 0 Å². The fraction of sp³-hybridized carbons (Fsp3) is 0. The van der Waals surface area contributed by atoms with Crippen molar-refractivity contribution in [3.8, 4) is 51.0 Å². The van der Waals surface area contributed by atoms with Crippen LogP contribution in [0.2, 0.25) is 0 Å². The summed E-state index contributed by atoms with van der Waals surface area (Å²) in [7, 11) is 0. The average Bonchev–Trinajstić information content (AvgIpc) is 3.88. The number of para-hydroxylation sites is 3. The van der Waals surface area contributed by atoms with Gasteiger partial charge in [-0.15, -0.1) is 0 Å². The van der Waals surface area contributed by atoms with Crippen molar-refractivity contribution in [1.29, 1.82) is 0 Å². The van der Waals surface area contributed by atoms with Crippen LogP contribution in [0.1, 0.15) is 0 Å². The van der Waals surface area contributed by atoms with E-state index in [0.29, 0.717) is 17.5 Å². The maximum Gasteiger partial charge on any atom is 0.164 e. The first-order valence-corrected chi connectivity index (χ1v) is 20.9. The highest BCUT2D eigenvalue weighted by Crippen LogP contribution is 2.43. The lowest BCUT2D eigenvalue weighted by molar-refractivity contribution is 0.670. The van der Waals surface area contributed by atoms with E-state index in [9.17, 15) is 0 Å². The molecule has 10 aromatic carbocycles. The molecule has 0 saturated heterocycles. The Hall–Kier alpha value is -8.41. The third kappa shape index (κ3) is 5.32. The Kier molecular flexibility index (Phi) is 7.54. The summed E-state index contributed by atoms with van der Waals surface area (Å²) in [5.41, 5.74) is 9.71. The van der Waals surface area contributed by atoms with Crippen LogP contribution in [-0.4, -0.2) is 19.5 Å². The Labute approximate surface area is 355 Å². The second kappa shape index (κ2) is 13.6. The molecule has 0 bridgehead atoms. The maximum absolute atomic E-state index is 6.77. The van der Waals surface area contributed by atoms with Crippen LogP contribution in [0.25, 0.3) is 127 Å². The van der Waals surface area contributed by atoms with E-state index in [1.807, 2.05) is 30.3 Å². The van der Waals surface area contributed by atoms with Crippen LogP contribution >= 0.6 is 0 Å². The third-order valence-electron chi connectivity index (χ3n) is 12.4. The minimum atomic E-state index is 0.587. The number of hydrogen-bond acceptors (Lipinski definition) is 4. The van der Waals surface area contributed by atoms with Gasteiger partial charge in [-0.2, -0.15) is 0 Å². The highest BCUT2D eigenvalue weighted by Gasteiger charge is 2.22. The predicted octanol–water partition coefficient (Wildman–Crippen LogP) is 15.0. The summed E-state index contributed by atoms with van der Waals surface area (Å²) in [5, 5.41) is 11.5. The molecule has 0 atom stereocenters. The number of fused-ring (bicyclic) bond motifs is 10. The summed E-state index contributed by atoms with van der Waals surface area (Å²) < 4.78 is 9.18. The van der Waals surface area contributed by atoms with E-state index >= 15 is 0 Å². The molecule has 0 N–H and O–H groups in total. The lowest BCUT2D eigenvalue weighted by Crippen LogP contribution is -2.02. The van der Waals surface area contributed by atoms with Gasteiger partial charge in [0.15, 0.2) is 17.5 Å². The van der Waals surface area contributed by atoms with Crippen LogP contribution in [0.3, 0.4) is 0 Å². The van der Waals surface area contributed by atoms with Crippen LogP contribution < -0.4 is 0 Å². The molecule has 0 aliphatic rings. The quantitative estimate of drug-likeness (QED) is 0.163. The molecular formula is C57H34N4O. The van der Waals surface area contributed by atoms with Gasteiger partial charge in [-0.1, -0.05) is 158 Å². The number of nitrogens with zero attached hydrogens (tertiary/aromatic N) is 4. The zero-order chi connectivity index (χ0) is 40.7. The van der Waals surface area contributed by atoms with Gasteiger partial charge in [0.1, 0.15) is 11.2 Å².